The van der Waals surface area contributed by atoms with Crippen molar-refractivity contribution in [3.8, 4) is 0 Å². The van der Waals surface area contributed by atoms with E-state index >= 15 is 0 Å². The molecule has 0 unspecified atom stereocenters. The first-order chi connectivity index (χ1) is 18.4. The second-order valence-electron chi connectivity index (χ2n) is 7.81. The number of hydrogen-bond donors (Lipinski definition) is 15. The van der Waals surface area contributed by atoms with Crippen LogP contribution in [0, 0.1) is 0 Å². The lowest BCUT2D eigenvalue weighted by Crippen LogP contribution is -2.30. The normalized spacial score (nSPS) is 9.79. The Morgan fingerprint density at radius 1 is 0.500 bits per heavy atom. The van der Waals surface area contributed by atoms with Crippen molar-refractivity contribution < 1.29 is 25.6 Å². The molecular formula is C23H66N10O5. The molecule has 0 saturated heterocycles. The molecule has 0 amide bonds. The molecule has 0 radical (unpaired) electrons. The third-order valence-electron chi connectivity index (χ3n) is 3.75. The van der Waals surface area contributed by atoms with Crippen LogP contribution < -0.4 is 55.0 Å². The maximum atomic E-state index is 8.37. The molecule has 19 N–H and O–H groups in total. The van der Waals surface area contributed by atoms with Gasteiger partial charge in [-0.05, 0) is 32.4 Å². The van der Waals surface area contributed by atoms with Crippen molar-refractivity contribution in [3.63, 3.8) is 0 Å². The van der Waals surface area contributed by atoms with E-state index in [9.17, 15) is 0 Å². The zero-order valence-corrected chi connectivity index (χ0v) is 24.3. The number of aliphatic hydroxyl groups is 4. The molecule has 0 aliphatic rings. The lowest BCUT2D eigenvalue weighted by atomic mass is 10.3. The van der Waals surface area contributed by atoms with Gasteiger partial charge in [0.2, 0.25) is 0 Å². The van der Waals surface area contributed by atoms with Gasteiger partial charge in [0, 0.05) is 91.2 Å². The van der Waals surface area contributed by atoms with Gasteiger partial charge in [-0.25, -0.2) is 5.48 Å². The van der Waals surface area contributed by atoms with E-state index in [1.807, 2.05) is 0 Å². The minimum absolute atomic E-state index is 0.0250. The second kappa shape index (κ2) is 56.6. The number of unbranched alkanes of at least 4 members (excludes halogenated alkanes) is 1. The molecule has 0 rings (SSSR count). The molecule has 0 spiro atoms. The van der Waals surface area contributed by atoms with Crippen LogP contribution in [0.2, 0.25) is 0 Å². The number of nitrogens with one attached hydrogen (secondary N) is 6. The Bertz CT molecular complexity index is 310. The van der Waals surface area contributed by atoms with Crippen LogP contribution >= 0.6 is 0 Å². The van der Waals surface area contributed by atoms with E-state index < -0.39 is 0 Å². The van der Waals surface area contributed by atoms with Crippen LogP contribution in [0.15, 0.2) is 0 Å². The Morgan fingerprint density at radius 3 is 1.29 bits per heavy atom. The molecule has 38 heavy (non-hydrogen) atoms. The van der Waals surface area contributed by atoms with Crippen molar-refractivity contribution in [2.45, 2.75) is 39.2 Å². The van der Waals surface area contributed by atoms with E-state index in [-0.39, 0.29) is 19.9 Å². The number of nitrogens with two attached hydrogens (primary N) is 4. The van der Waals surface area contributed by atoms with Gasteiger partial charge in [0.25, 0.3) is 0 Å². The van der Waals surface area contributed by atoms with Crippen molar-refractivity contribution in [1.29, 1.82) is 0 Å². The Hall–Kier alpha value is -0.600. The van der Waals surface area contributed by atoms with Gasteiger partial charge < -0.3 is 69.8 Å². The van der Waals surface area contributed by atoms with Gasteiger partial charge in [-0.2, -0.15) is 0 Å². The molecule has 0 fully saturated rings. The summed E-state index contributed by atoms with van der Waals surface area (Å²) in [6.45, 7) is 14.6. The fourth-order valence-electron chi connectivity index (χ4n) is 1.92. The predicted octanol–water partition coefficient (Wildman–Crippen LogP) is -4.80. The summed E-state index contributed by atoms with van der Waals surface area (Å²) in [4.78, 5) is 0. The molecule has 0 saturated carbocycles. The molecule has 15 nitrogen and oxygen atoms in total. The maximum Gasteiger partial charge on any atom is 0.0931 e. The molecule has 0 bridgehead atoms. The first-order valence-electron chi connectivity index (χ1n) is 13.6. The zero-order valence-electron chi connectivity index (χ0n) is 24.3. The van der Waals surface area contributed by atoms with E-state index in [4.69, 9.17) is 48.6 Å². The van der Waals surface area contributed by atoms with Crippen LogP contribution in [0.3, 0.4) is 0 Å². The van der Waals surface area contributed by atoms with E-state index in [1.54, 1.807) is 0 Å². The molecule has 0 aromatic carbocycles. The molecule has 0 heterocycles. The van der Waals surface area contributed by atoms with Crippen molar-refractivity contribution in [2.24, 2.45) is 22.9 Å². The van der Waals surface area contributed by atoms with Crippen LogP contribution in [0.1, 0.15) is 33.1 Å². The Balaban J connectivity index is -0.000000120. The summed E-state index contributed by atoms with van der Waals surface area (Å²) in [7, 11) is 0. The van der Waals surface area contributed by atoms with E-state index in [1.165, 1.54) is 0 Å². The van der Waals surface area contributed by atoms with Gasteiger partial charge in [0.1, 0.15) is 0 Å². The first kappa shape index (κ1) is 47.2. The molecule has 0 aliphatic carbocycles. The van der Waals surface area contributed by atoms with Crippen molar-refractivity contribution in [2.75, 3.05) is 112 Å². The quantitative estimate of drug-likeness (QED) is 0.0335. The average Bonchev–Trinajstić information content (AvgIpc) is 2.92. The number of hydrogen-bond acceptors (Lipinski definition) is 15. The van der Waals surface area contributed by atoms with Gasteiger partial charge >= 0.3 is 0 Å². The Labute approximate surface area is 231 Å². The van der Waals surface area contributed by atoms with E-state index in [2.05, 4.69) is 45.9 Å². The van der Waals surface area contributed by atoms with Crippen LogP contribution in [-0.4, -0.2) is 143 Å². The maximum absolute atomic E-state index is 8.37. The third-order valence-corrected chi connectivity index (χ3v) is 3.75. The summed E-state index contributed by atoms with van der Waals surface area (Å²) >= 11 is 0. The topological polar surface area (TPSA) is 277 Å². The van der Waals surface area contributed by atoms with Crippen molar-refractivity contribution in [1.82, 2.24) is 32.1 Å². The van der Waals surface area contributed by atoms with Gasteiger partial charge in [-0.15, -0.1) is 0 Å². The van der Waals surface area contributed by atoms with Crippen LogP contribution in [0.5, 0.6) is 0 Å². The smallest absolute Gasteiger partial charge is 0.0931 e. The number of aliphatic hydroxyl groups excluding tert-OH is 4. The first-order valence-corrected chi connectivity index (χ1v) is 13.6. The Morgan fingerprint density at radius 2 is 0.947 bits per heavy atom. The summed E-state index contributed by atoms with van der Waals surface area (Å²) in [6, 6.07) is 0.503. The van der Waals surface area contributed by atoms with Crippen LogP contribution in [-0.2, 0) is 0 Å². The largest absolute Gasteiger partial charge is 0.396 e. The highest BCUT2D eigenvalue weighted by atomic mass is 16.5. The minimum atomic E-state index is 0.0250. The third kappa shape index (κ3) is 83.5. The van der Waals surface area contributed by atoms with Gasteiger partial charge in [-0.3, -0.25) is 5.32 Å². The summed E-state index contributed by atoms with van der Waals surface area (Å²) in [5.74, 6) is 0. The van der Waals surface area contributed by atoms with Gasteiger partial charge in [0.05, 0.1) is 13.3 Å². The molecule has 0 aromatic rings. The highest BCUT2D eigenvalue weighted by Gasteiger charge is 1.88. The highest BCUT2D eigenvalue weighted by molar-refractivity contribution is 4.51. The summed E-state index contributed by atoms with van der Waals surface area (Å²) < 4.78 is 0. The van der Waals surface area contributed by atoms with Crippen molar-refractivity contribution in [3.05, 3.63) is 0 Å². The molecule has 0 aliphatic heterocycles. The second-order valence-corrected chi connectivity index (χ2v) is 7.81. The fourth-order valence-corrected chi connectivity index (χ4v) is 1.92. The van der Waals surface area contributed by atoms with Gasteiger partial charge in [-0.1, -0.05) is 13.8 Å². The Kier molecular flexibility index (Phi) is 70.3. The molecular weight excluding hydrogens is 496 g/mol. The minimum Gasteiger partial charge on any atom is -0.396 e. The lowest BCUT2D eigenvalue weighted by Gasteiger charge is -2.05. The summed E-state index contributed by atoms with van der Waals surface area (Å²) in [6.07, 6.45) is 2.74. The summed E-state index contributed by atoms with van der Waals surface area (Å²) in [5, 5.41) is 55.8. The SMILES string of the molecule is CC(C)NCCNO.NCCNCCCCO.NCCNCCCO.NCCNCCO.NCCNCO. The number of rotatable bonds is 22. The average molecular weight is 563 g/mol. The standard InChI is InChI=1S/C6H16N2O.2C5H14N2O.C4H12N2O.C3H10N2O/c7-3-5-8-4-1-2-6-9;1-5(2)6-3-4-7-8;6-2-4-7-3-1-5-8;5-1-2-6-3-4-7;4-1-2-5-3-6/h8-9H,1-7H2;5-8H,3-4H2,1-2H3;7-8H,1-6H2;6-7H,1-5H2;5-6H,1-4H2. The summed E-state index contributed by atoms with van der Waals surface area (Å²) in [5.41, 5.74) is 22.6. The molecule has 0 aromatic heterocycles. The van der Waals surface area contributed by atoms with Crippen molar-refractivity contribution >= 4 is 0 Å². The molecule has 15 heteroatoms. The van der Waals surface area contributed by atoms with E-state index in [0.29, 0.717) is 58.5 Å². The fraction of sp³-hybridized carbons (Fsp3) is 1.00. The van der Waals surface area contributed by atoms with Crippen LogP contribution in [0.25, 0.3) is 0 Å². The van der Waals surface area contributed by atoms with E-state index in [0.717, 1.165) is 58.5 Å². The highest BCUT2D eigenvalue weighted by Crippen LogP contribution is 1.82. The molecule has 0 atom stereocenters. The zero-order chi connectivity index (χ0) is 30.0. The number of hydroxylamine groups is 1. The predicted molar refractivity (Wildman–Crippen MR) is 158 cm³/mol. The van der Waals surface area contributed by atoms with Gasteiger partial charge in [0.15, 0.2) is 0 Å². The lowest BCUT2D eigenvalue weighted by molar-refractivity contribution is 0.167. The van der Waals surface area contributed by atoms with Crippen LogP contribution in [0.4, 0.5) is 0 Å². The monoisotopic (exact) mass is 563 g/mol. The molecule has 238 valence electrons.